The molecule has 142 valence electrons. The van der Waals surface area contributed by atoms with Gasteiger partial charge in [0.15, 0.2) is 15.1 Å². The van der Waals surface area contributed by atoms with E-state index < -0.39 is 9.84 Å². The van der Waals surface area contributed by atoms with Crippen molar-refractivity contribution in [3.8, 4) is 0 Å². The van der Waals surface area contributed by atoms with E-state index >= 15 is 0 Å². The van der Waals surface area contributed by atoms with Crippen molar-refractivity contribution in [1.29, 1.82) is 0 Å². The van der Waals surface area contributed by atoms with E-state index in [-0.39, 0.29) is 15.9 Å². The zero-order chi connectivity index (χ0) is 19.5. The van der Waals surface area contributed by atoms with E-state index in [4.69, 9.17) is 11.6 Å². The molecule has 3 aromatic heterocycles. The summed E-state index contributed by atoms with van der Waals surface area (Å²) in [5.74, 6) is -0.127. The Morgan fingerprint density at radius 3 is 2.71 bits per heavy atom. The summed E-state index contributed by atoms with van der Waals surface area (Å²) in [6.07, 6.45) is 1.68. The van der Waals surface area contributed by atoms with E-state index in [9.17, 15) is 8.42 Å². The molecule has 0 aliphatic carbocycles. The van der Waals surface area contributed by atoms with Gasteiger partial charge < -0.3 is 4.57 Å². The summed E-state index contributed by atoms with van der Waals surface area (Å²) < 4.78 is 30.0. The minimum absolute atomic E-state index is 0.0236. The molecule has 0 spiro atoms. The molecule has 0 fully saturated rings. The Morgan fingerprint density at radius 2 is 1.89 bits per heavy atom. The van der Waals surface area contributed by atoms with Crippen LogP contribution in [0.1, 0.15) is 12.5 Å². The largest absolute Gasteiger partial charge is 0.341 e. The molecule has 0 saturated carbocycles. The third-order valence-corrected chi connectivity index (χ3v) is 7.81. The van der Waals surface area contributed by atoms with Crippen molar-refractivity contribution in [2.45, 2.75) is 24.2 Å². The van der Waals surface area contributed by atoms with Crippen LogP contribution >= 0.6 is 22.9 Å². The molecule has 0 aliphatic heterocycles. The summed E-state index contributed by atoms with van der Waals surface area (Å²) in [6.45, 7) is 2.96. The Morgan fingerprint density at radius 1 is 1.11 bits per heavy atom. The third kappa shape index (κ3) is 2.57. The monoisotopic (exact) mass is 429 g/mol. The molecular weight excluding hydrogens is 414 g/mol. The summed E-state index contributed by atoms with van der Waals surface area (Å²) in [7, 11) is -3.65. The van der Waals surface area contributed by atoms with Gasteiger partial charge in [-0.05, 0) is 30.7 Å². The maximum Gasteiger partial charge on any atom is 0.201 e. The first kappa shape index (κ1) is 17.7. The molecule has 5 rings (SSSR count). The molecule has 5 aromatic rings. The Kier molecular flexibility index (Phi) is 4.01. The van der Waals surface area contributed by atoms with Gasteiger partial charge in [0.2, 0.25) is 9.84 Å². The molecule has 0 atom stereocenters. The van der Waals surface area contributed by atoms with Gasteiger partial charge in [-0.25, -0.2) is 13.4 Å². The number of aryl methyl sites for hydroxylation is 1. The van der Waals surface area contributed by atoms with Gasteiger partial charge in [-0.2, -0.15) is 0 Å². The molecule has 28 heavy (non-hydrogen) atoms. The number of rotatable bonds is 4. The molecule has 5 nitrogen and oxygen atoms in total. The number of benzene rings is 2. The number of hydrogen-bond acceptors (Lipinski definition) is 4. The van der Waals surface area contributed by atoms with Crippen LogP contribution < -0.4 is 0 Å². The van der Waals surface area contributed by atoms with Crippen LogP contribution in [0.25, 0.3) is 26.8 Å². The summed E-state index contributed by atoms with van der Waals surface area (Å²) in [5, 5.41) is 4.06. The SMILES string of the molecule is CCn1c2ccccc2c2cc(CS(=O)(=O)c3c(Cl)nc4sccn34)ccc21. The van der Waals surface area contributed by atoms with Gasteiger partial charge in [0.25, 0.3) is 0 Å². The van der Waals surface area contributed by atoms with Crippen LogP contribution in [0.5, 0.6) is 0 Å². The zero-order valence-electron chi connectivity index (χ0n) is 15.0. The van der Waals surface area contributed by atoms with Crippen molar-refractivity contribution in [3.05, 3.63) is 64.8 Å². The molecule has 0 unspecified atom stereocenters. The van der Waals surface area contributed by atoms with E-state index in [1.807, 2.05) is 30.3 Å². The second-order valence-corrected chi connectivity index (χ2v) is 9.77. The zero-order valence-corrected chi connectivity index (χ0v) is 17.4. The van der Waals surface area contributed by atoms with E-state index in [0.29, 0.717) is 4.96 Å². The fourth-order valence-corrected chi connectivity index (χ4v) is 6.69. The Bertz CT molecular complexity index is 1460. The molecule has 3 heterocycles. The van der Waals surface area contributed by atoms with Crippen molar-refractivity contribution >= 4 is 59.5 Å². The molecule has 0 saturated heterocycles. The number of imidazole rings is 1. The van der Waals surface area contributed by atoms with Crippen molar-refractivity contribution in [3.63, 3.8) is 0 Å². The van der Waals surface area contributed by atoms with Crippen molar-refractivity contribution in [2.24, 2.45) is 0 Å². The number of hydrogen-bond donors (Lipinski definition) is 0. The van der Waals surface area contributed by atoms with Crippen LogP contribution in [-0.2, 0) is 22.1 Å². The number of thiazole rings is 1. The lowest BCUT2D eigenvalue weighted by molar-refractivity contribution is 0.590. The highest BCUT2D eigenvalue weighted by molar-refractivity contribution is 7.90. The lowest BCUT2D eigenvalue weighted by Gasteiger charge is -2.06. The minimum atomic E-state index is -3.65. The maximum absolute atomic E-state index is 13.1. The van der Waals surface area contributed by atoms with Crippen LogP contribution in [0, 0.1) is 0 Å². The average molecular weight is 430 g/mol. The standard InChI is InChI=1S/C20H16ClN3O2S2/c1-2-23-16-6-4-3-5-14(16)15-11-13(7-8-17(15)23)12-28(25,26)19-18(21)22-20-24(19)9-10-27-20/h3-11H,2,12H2,1H3. The molecule has 2 aromatic carbocycles. The molecule has 8 heteroatoms. The first-order valence-electron chi connectivity index (χ1n) is 8.83. The highest BCUT2D eigenvalue weighted by atomic mass is 35.5. The lowest BCUT2D eigenvalue weighted by atomic mass is 10.1. The molecule has 0 N–H and O–H groups in total. The van der Waals surface area contributed by atoms with Crippen molar-refractivity contribution in [2.75, 3.05) is 0 Å². The maximum atomic E-state index is 13.1. The molecule has 0 bridgehead atoms. The van der Waals surface area contributed by atoms with Gasteiger partial charge >= 0.3 is 0 Å². The molecule has 0 amide bonds. The predicted octanol–water partition coefficient (Wildman–Crippen LogP) is 5.15. The van der Waals surface area contributed by atoms with Gasteiger partial charge in [0.05, 0.1) is 5.75 Å². The van der Waals surface area contributed by atoms with Crippen LogP contribution in [0.2, 0.25) is 5.15 Å². The number of aromatic nitrogens is 3. The Labute approximate surface area is 170 Å². The number of sulfone groups is 1. The second kappa shape index (κ2) is 6.34. The third-order valence-electron chi connectivity index (χ3n) is 4.98. The second-order valence-electron chi connectivity index (χ2n) is 6.64. The van der Waals surface area contributed by atoms with E-state index in [1.54, 1.807) is 16.0 Å². The quantitative estimate of drug-likeness (QED) is 0.397. The summed E-state index contributed by atoms with van der Waals surface area (Å²) in [4.78, 5) is 4.72. The van der Waals surface area contributed by atoms with Gasteiger partial charge in [0, 0.05) is 39.9 Å². The normalized spacial score (nSPS) is 12.5. The van der Waals surface area contributed by atoms with Crippen molar-refractivity contribution in [1.82, 2.24) is 14.0 Å². The average Bonchev–Trinajstić information content (AvgIpc) is 3.31. The van der Waals surface area contributed by atoms with E-state index in [0.717, 1.165) is 33.9 Å². The summed E-state index contributed by atoms with van der Waals surface area (Å²) in [6, 6.07) is 14.0. The fourth-order valence-electron chi connectivity index (χ4n) is 3.84. The number of halogens is 1. The highest BCUT2D eigenvalue weighted by Crippen LogP contribution is 2.32. The van der Waals surface area contributed by atoms with Crippen LogP contribution in [0.15, 0.2) is 59.1 Å². The number of nitrogens with zero attached hydrogens (tertiary/aromatic N) is 3. The van der Waals surface area contributed by atoms with Gasteiger partial charge in [0.1, 0.15) is 0 Å². The van der Waals surface area contributed by atoms with Gasteiger partial charge in [-0.15, -0.1) is 11.3 Å². The summed E-state index contributed by atoms with van der Waals surface area (Å²) in [5.41, 5.74) is 2.99. The van der Waals surface area contributed by atoms with Gasteiger partial charge in [-0.3, -0.25) is 4.40 Å². The van der Waals surface area contributed by atoms with Crippen LogP contribution in [0.4, 0.5) is 0 Å². The van der Waals surface area contributed by atoms with E-state index in [2.05, 4.69) is 28.6 Å². The number of para-hydroxylation sites is 1. The smallest absolute Gasteiger partial charge is 0.201 e. The molecular formula is C20H16ClN3O2S2. The fraction of sp³-hybridized carbons (Fsp3) is 0.150. The Hall–Kier alpha value is -2.35. The number of fused-ring (bicyclic) bond motifs is 4. The molecule has 0 radical (unpaired) electrons. The molecule has 0 aliphatic rings. The van der Waals surface area contributed by atoms with Crippen LogP contribution in [-0.4, -0.2) is 22.4 Å². The Balaban J connectivity index is 1.65. The first-order valence-corrected chi connectivity index (χ1v) is 11.7. The topological polar surface area (TPSA) is 56.4 Å². The van der Waals surface area contributed by atoms with Crippen LogP contribution in [0.3, 0.4) is 0 Å². The lowest BCUT2D eigenvalue weighted by Crippen LogP contribution is -2.08. The summed E-state index contributed by atoms with van der Waals surface area (Å²) >= 11 is 7.50. The first-order chi connectivity index (χ1) is 13.5. The van der Waals surface area contributed by atoms with Crippen molar-refractivity contribution < 1.29 is 8.42 Å². The highest BCUT2D eigenvalue weighted by Gasteiger charge is 2.25. The predicted molar refractivity (Wildman–Crippen MR) is 114 cm³/mol. The van der Waals surface area contributed by atoms with E-state index in [1.165, 1.54) is 11.3 Å². The van der Waals surface area contributed by atoms with Gasteiger partial charge in [-0.1, -0.05) is 35.9 Å². The minimum Gasteiger partial charge on any atom is -0.341 e.